The molecule has 0 fully saturated rings. The van der Waals surface area contributed by atoms with Gasteiger partial charge >= 0.3 is 0 Å². The molecule has 0 aliphatic carbocycles. The molecule has 2 N–H and O–H groups in total. The fourth-order valence-electron chi connectivity index (χ4n) is 1.30. The fourth-order valence-corrected chi connectivity index (χ4v) is 1.67. The molecule has 0 radical (unpaired) electrons. The van der Waals surface area contributed by atoms with Crippen LogP contribution in [0.15, 0.2) is 22.7 Å². The van der Waals surface area contributed by atoms with E-state index in [1.165, 1.54) is 6.42 Å². The monoisotopic (exact) mass is 271 g/mol. The second-order valence-corrected chi connectivity index (χ2v) is 4.93. The molecule has 1 aromatic rings. The molecular formula is C12H18BrNO. The molecule has 3 heteroatoms. The van der Waals surface area contributed by atoms with Gasteiger partial charge in [0, 0.05) is 11.8 Å². The Kier molecular flexibility index (Phi) is 4.95. The molecule has 0 aliphatic rings. The summed E-state index contributed by atoms with van der Waals surface area (Å²) in [5, 5.41) is 0. The van der Waals surface area contributed by atoms with Gasteiger partial charge in [0.05, 0.1) is 11.1 Å². The van der Waals surface area contributed by atoms with Crippen LogP contribution in [0.1, 0.15) is 26.7 Å². The topological polar surface area (TPSA) is 35.2 Å². The van der Waals surface area contributed by atoms with Gasteiger partial charge in [0.25, 0.3) is 0 Å². The second-order valence-electron chi connectivity index (χ2n) is 4.07. The average molecular weight is 272 g/mol. The van der Waals surface area contributed by atoms with Gasteiger partial charge in [-0.3, -0.25) is 0 Å². The van der Waals surface area contributed by atoms with Crippen LogP contribution in [0.3, 0.4) is 0 Å². The normalized spacial score (nSPS) is 10.7. The minimum Gasteiger partial charge on any atom is -0.492 e. The molecule has 15 heavy (non-hydrogen) atoms. The van der Waals surface area contributed by atoms with Crippen LogP contribution in [0.4, 0.5) is 5.69 Å². The van der Waals surface area contributed by atoms with Gasteiger partial charge in [-0.1, -0.05) is 13.8 Å². The minimum absolute atomic E-state index is 0.733. The Morgan fingerprint density at radius 3 is 2.80 bits per heavy atom. The van der Waals surface area contributed by atoms with Crippen molar-refractivity contribution in [3.05, 3.63) is 22.7 Å². The highest BCUT2D eigenvalue weighted by Gasteiger charge is 2.01. The predicted molar refractivity (Wildman–Crippen MR) is 68.1 cm³/mol. The first kappa shape index (κ1) is 12.4. The number of nitrogen functional groups attached to an aromatic ring is 1. The lowest BCUT2D eigenvalue weighted by molar-refractivity contribution is 0.296. The highest BCUT2D eigenvalue weighted by atomic mass is 79.9. The highest BCUT2D eigenvalue weighted by Crippen LogP contribution is 2.27. The Balaban J connectivity index is 2.40. The van der Waals surface area contributed by atoms with Crippen LogP contribution in [0.2, 0.25) is 0 Å². The summed E-state index contributed by atoms with van der Waals surface area (Å²) in [7, 11) is 0. The molecule has 0 amide bonds. The van der Waals surface area contributed by atoms with E-state index in [9.17, 15) is 0 Å². The summed E-state index contributed by atoms with van der Waals surface area (Å²) >= 11 is 3.43. The lowest BCUT2D eigenvalue weighted by Gasteiger charge is -2.09. The van der Waals surface area contributed by atoms with E-state index in [1.54, 1.807) is 0 Å². The summed E-state index contributed by atoms with van der Waals surface area (Å²) in [6, 6.07) is 5.61. The maximum Gasteiger partial charge on any atom is 0.135 e. The number of halogens is 1. The first-order valence-corrected chi connectivity index (χ1v) is 6.06. The Labute approximate surface area is 99.9 Å². The summed E-state index contributed by atoms with van der Waals surface area (Å²) in [5.74, 6) is 1.57. The van der Waals surface area contributed by atoms with Crippen LogP contribution >= 0.6 is 15.9 Å². The van der Waals surface area contributed by atoms with E-state index < -0.39 is 0 Å². The van der Waals surface area contributed by atoms with Crippen molar-refractivity contribution in [1.29, 1.82) is 0 Å². The third kappa shape index (κ3) is 4.56. The summed E-state index contributed by atoms with van der Waals surface area (Å²) in [4.78, 5) is 0. The zero-order chi connectivity index (χ0) is 11.3. The van der Waals surface area contributed by atoms with Gasteiger partial charge in [0.15, 0.2) is 0 Å². The molecule has 0 spiro atoms. The van der Waals surface area contributed by atoms with E-state index in [1.807, 2.05) is 18.2 Å². The Morgan fingerprint density at radius 1 is 1.40 bits per heavy atom. The molecule has 2 nitrogen and oxygen atoms in total. The molecule has 0 unspecified atom stereocenters. The molecule has 84 valence electrons. The zero-order valence-corrected chi connectivity index (χ0v) is 10.9. The van der Waals surface area contributed by atoms with Crippen molar-refractivity contribution in [3.63, 3.8) is 0 Å². The number of hydrogen-bond donors (Lipinski definition) is 1. The van der Waals surface area contributed by atoms with E-state index in [0.29, 0.717) is 0 Å². The van der Waals surface area contributed by atoms with Crippen molar-refractivity contribution in [2.45, 2.75) is 26.7 Å². The van der Waals surface area contributed by atoms with Gasteiger partial charge in [0.1, 0.15) is 5.75 Å². The standard InChI is InChI=1S/C12H18BrNO/c1-9(2)4-3-7-15-12-8-10(14)5-6-11(12)13/h5-6,8-9H,3-4,7,14H2,1-2H3. The molecule has 0 saturated heterocycles. The van der Waals surface area contributed by atoms with E-state index >= 15 is 0 Å². The van der Waals surface area contributed by atoms with E-state index in [4.69, 9.17) is 10.5 Å². The third-order valence-corrected chi connectivity index (χ3v) is 2.79. The molecule has 0 heterocycles. The molecule has 0 atom stereocenters. The van der Waals surface area contributed by atoms with Crippen molar-refractivity contribution in [1.82, 2.24) is 0 Å². The van der Waals surface area contributed by atoms with Crippen LogP contribution in [-0.4, -0.2) is 6.61 Å². The number of hydrogen-bond acceptors (Lipinski definition) is 2. The van der Waals surface area contributed by atoms with Gasteiger partial charge in [-0.25, -0.2) is 0 Å². The molecule has 0 aromatic heterocycles. The zero-order valence-electron chi connectivity index (χ0n) is 9.29. The predicted octanol–water partition coefficient (Wildman–Crippen LogP) is 3.85. The van der Waals surface area contributed by atoms with Gasteiger partial charge in [0.2, 0.25) is 0 Å². The largest absolute Gasteiger partial charge is 0.492 e. The Hall–Kier alpha value is -0.700. The number of benzene rings is 1. The lowest BCUT2D eigenvalue weighted by Crippen LogP contribution is -2.00. The van der Waals surface area contributed by atoms with Crippen LogP contribution in [-0.2, 0) is 0 Å². The third-order valence-electron chi connectivity index (χ3n) is 2.14. The summed E-state index contributed by atoms with van der Waals surface area (Å²) < 4.78 is 6.60. The second kappa shape index (κ2) is 6.01. The SMILES string of the molecule is CC(C)CCCOc1cc(N)ccc1Br. The Morgan fingerprint density at radius 2 is 2.13 bits per heavy atom. The smallest absolute Gasteiger partial charge is 0.135 e. The first-order valence-electron chi connectivity index (χ1n) is 5.27. The number of ether oxygens (including phenoxy) is 1. The van der Waals surface area contributed by atoms with Crippen molar-refractivity contribution in [2.24, 2.45) is 5.92 Å². The molecule has 1 aromatic carbocycles. The van der Waals surface area contributed by atoms with E-state index in [-0.39, 0.29) is 0 Å². The molecule has 0 bridgehead atoms. The maximum absolute atomic E-state index is 5.68. The minimum atomic E-state index is 0.733. The number of rotatable bonds is 5. The van der Waals surface area contributed by atoms with Crippen LogP contribution < -0.4 is 10.5 Å². The van der Waals surface area contributed by atoms with Gasteiger partial charge in [-0.05, 0) is 46.8 Å². The fraction of sp³-hybridized carbons (Fsp3) is 0.500. The van der Waals surface area contributed by atoms with Gasteiger partial charge < -0.3 is 10.5 Å². The first-order chi connectivity index (χ1) is 7.09. The van der Waals surface area contributed by atoms with Gasteiger partial charge in [-0.2, -0.15) is 0 Å². The quantitative estimate of drug-likeness (QED) is 0.652. The Bertz CT molecular complexity index is 312. The molecular weight excluding hydrogens is 254 g/mol. The van der Waals surface area contributed by atoms with Crippen molar-refractivity contribution >= 4 is 21.6 Å². The van der Waals surface area contributed by atoms with Crippen molar-refractivity contribution < 1.29 is 4.74 Å². The lowest BCUT2D eigenvalue weighted by atomic mass is 10.1. The maximum atomic E-state index is 5.68. The van der Waals surface area contributed by atoms with E-state index in [2.05, 4.69) is 29.8 Å². The summed E-state index contributed by atoms with van der Waals surface area (Å²) in [5.41, 5.74) is 6.41. The highest BCUT2D eigenvalue weighted by molar-refractivity contribution is 9.10. The van der Waals surface area contributed by atoms with Crippen LogP contribution in [0.5, 0.6) is 5.75 Å². The van der Waals surface area contributed by atoms with Crippen molar-refractivity contribution in [3.8, 4) is 5.75 Å². The molecule has 0 saturated carbocycles. The number of anilines is 1. The number of nitrogens with two attached hydrogens (primary N) is 1. The van der Waals surface area contributed by atoms with Gasteiger partial charge in [-0.15, -0.1) is 0 Å². The van der Waals surface area contributed by atoms with Crippen LogP contribution in [0, 0.1) is 5.92 Å². The van der Waals surface area contributed by atoms with E-state index in [0.717, 1.165) is 34.9 Å². The molecule has 0 aliphatic heterocycles. The summed E-state index contributed by atoms with van der Waals surface area (Å²) in [6.07, 6.45) is 2.28. The van der Waals surface area contributed by atoms with Crippen molar-refractivity contribution in [2.75, 3.05) is 12.3 Å². The average Bonchev–Trinajstić information content (AvgIpc) is 2.17. The molecule has 1 rings (SSSR count). The summed E-state index contributed by atoms with van der Waals surface area (Å²) in [6.45, 7) is 5.19. The van der Waals surface area contributed by atoms with Crippen LogP contribution in [0.25, 0.3) is 0 Å².